The zero-order chi connectivity index (χ0) is 17.9. The molecular weight excluding hydrogens is 344 g/mol. The molecule has 4 heteroatoms. The molecule has 3 aromatic carbocycles. The summed E-state index contributed by atoms with van der Waals surface area (Å²) in [6.45, 7) is 0. The second kappa shape index (κ2) is 7.14. The summed E-state index contributed by atoms with van der Waals surface area (Å²) in [6.07, 6.45) is 0.484. The molecule has 0 saturated heterocycles. The number of halogens is 1. The van der Waals surface area contributed by atoms with Crippen LogP contribution in [-0.4, -0.2) is 11.6 Å². The van der Waals surface area contributed by atoms with Crippen LogP contribution in [0.3, 0.4) is 0 Å². The Morgan fingerprint density at radius 3 is 2.35 bits per heavy atom. The Labute approximate surface area is 157 Å². The number of amides is 1. The largest absolute Gasteiger partial charge is 0.321 e. The van der Waals surface area contributed by atoms with Gasteiger partial charge in [-0.15, -0.1) is 0 Å². The van der Waals surface area contributed by atoms with Crippen molar-refractivity contribution in [3.63, 3.8) is 0 Å². The lowest BCUT2D eigenvalue weighted by Crippen LogP contribution is -2.23. The zero-order valence-corrected chi connectivity index (χ0v) is 14.8. The molecule has 0 aromatic heterocycles. The minimum atomic E-state index is -0.275. The number of fused-ring (bicyclic) bond motifs is 1. The van der Waals surface area contributed by atoms with Gasteiger partial charge >= 0.3 is 0 Å². The number of carbonyl (C=O) groups is 1. The van der Waals surface area contributed by atoms with Gasteiger partial charge in [0.15, 0.2) is 0 Å². The van der Waals surface area contributed by atoms with E-state index in [1.165, 1.54) is 0 Å². The third kappa shape index (κ3) is 3.39. The number of rotatable bonds is 3. The SMILES string of the molecule is O=C1Nc2ccc(Cl)cc2C(c2ccccc2)N=C1Cc1ccccc1. The number of anilines is 1. The quantitative estimate of drug-likeness (QED) is 0.696. The molecule has 0 radical (unpaired) electrons. The van der Waals surface area contributed by atoms with Crippen LogP contribution >= 0.6 is 11.6 Å². The topological polar surface area (TPSA) is 41.5 Å². The molecule has 1 heterocycles. The fourth-order valence-corrected chi connectivity index (χ4v) is 3.34. The lowest BCUT2D eigenvalue weighted by Gasteiger charge is -2.15. The maximum absolute atomic E-state index is 12.8. The number of benzene rings is 3. The third-order valence-corrected chi connectivity index (χ3v) is 4.67. The van der Waals surface area contributed by atoms with E-state index >= 15 is 0 Å². The Bertz CT molecular complexity index is 968. The average molecular weight is 361 g/mol. The van der Waals surface area contributed by atoms with Gasteiger partial charge in [-0.2, -0.15) is 0 Å². The van der Waals surface area contributed by atoms with E-state index in [-0.39, 0.29) is 11.9 Å². The smallest absolute Gasteiger partial charge is 0.269 e. The van der Waals surface area contributed by atoms with Crippen LogP contribution in [0, 0.1) is 0 Å². The first-order chi connectivity index (χ1) is 12.7. The van der Waals surface area contributed by atoms with E-state index in [9.17, 15) is 4.79 Å². The highest BCUT2D eigenvalue weighted by Gasteiger charge is 2.25. The average Bonchev–Trinajstić information content (AvgIpc) is 2.80. The summed E-state index contributed by atoms with van der Waals surface area (Å²) in [4.78, 5) is 17.6. The molecule has 1 N–H and O–H groups in total. The normalized spacial score (nSPS) is 16.3. The highest BCUT2D eigenvalue weighted by molar-refractivity contribution is 6.44. The van der Waals surface area contributed by atoms with Crippen molar-refractivity contribution in [2.24, 2.45) is 4.99 Å². The van der Waals surface area contributed by atoms with Crippen LogP contribution in [0.2, 0.25) is 5.02 Å². The van der Waals surface area contributed by atoms with Gasteiger partial charge < -0.3 is 5.32 Å². The molecule has 1 aliphatic rings. The molecule has 4 rings (SSSR count). The lowest BCUT2D eigenvalue weighted by molar-refractivity contribution is -0.110. The van der Waals surface area contributed by atoms with Gasteiger partial charge in [-0.05, 0) is 29.3 Å². The molecule has 26 heavy (non-hydrogen) atoms. The summed E-state index contributed by atoms with van der Waals surface area (Å²) in [5.74, 6) is -0.171. The first kappa shape index (κ1) is 16.6. The number of hydrogen-bond acceptors (Lipinski definition) is 2. The van der Waals surface area contributed by atoms with E-state index in [1.54, 1.807) is 6.07 Å². The lowest BCUT2D eigenvalue weighted by atomic mass is 9.97. The van der Waals surface area contributed by atoms with Crippen molar-refractivity contribution < 1.29 is 4.79 Å². The highest BCUT2D eigenvalue weighted by Crippen LogP contribution is 2.35. The van der Waals surface area contributed by atoms with E-state index in [4.69, 9.17) is 16.6 Å². The van der Waals surface area contributed by atoms with Crippen LogP contribution < -0.4 is 5.32 Å². The molecule has 0 spiro atoms. The summed E-state index contributed by atoms with van der Waals surface area (Å²) in [5, 5.41) is 3.62. The Hall–Kier alpha value is -2.91. The number of nitrogens with one attached hydrogen (secondary N) is 1. The van der Waals surface area contributed by atoms with Gasteiger partial charge in [0, 0.05) is 22.7 Å². The third-order valence-electron chi connectivity index (χ3n) is 4.43. The minimum Gasteiger partial charge on any atom is -0.321 e. The molecule has 0 bridgehead atoms. The molecule has 3 aromatic rings. The van der Waals surface area contributed by atoms with Crippen LogP contribution in [0.5, 0.6) is 0 Å². The van der Waals surface area contributed by atoms with E-state index in [0.29, 0.717) is 17.2 Å². The van der Waals surface area contributed by atoms with E-state index in [0.717, 1.165) is 22.4 Å². The van der Waals surface area contributed by atoms with E-state index < -0.39 is 0 Å². The first-order valence-electron chi connectivity index (χ1n) is 8.47. The second-order valence-corrected chi connectivity index (χ2v) is 6.67. The van der Waals surface area contributed by atoms with Gasteiger partial charge in [-0.25, -0.2) is 0 Å². The Morgan fingerprint density at radius 1 is 0.923 bits per heavy atom. The second-order valence-electron chi connectivity index (χ2n) is 6.24. The molecule has 1 amide bonds. The molecule has 1 aliphatic heterocycles. The summed E-state index contributed by atoms with van der Waals surface area (Å²) < 4.78 is 0. The number of hydrogen-bond donors (Lipinski definition) is 1. The van der Waals surface area contributed by atoms with Gasteiger partial charge in [0.25, 0.3) is 5.91 Å². The number of aliphatic imine (C=N–C) groups is 1. The van der Waals surface area contributed by atoms with Crippen molar-refractivity contribution >= 4 is 28.9 Å². The van der Waals surface area contributed by atoms with Crippen molar-refractivity contribution in [1.29, 1.82) is 0 Å². The Kier molecular flexibility index (Phi) is 4.55. The monoisotopic (exact) mass is 360 g/mol. The molecule has 0 fully saturated rings. The summed E-state index contributed by atoms with van der Waals surface area (Å²) in [5.41, 5.74) is 4.24. The van der Waals surface area contributed by atoms with Crippen LogP contribution in [0.25, 0.3) is 0 Å². The Balaban J connectivity index is 1.82. The van der Waals surface area contributed by atoms with Crippen molar-refractivity contribution in [2.75, 3.05) is 5.32 Å². The number of nitrogens with zero attached hydrogens (tertiary/aromatic N) is 1. The van der Waals surface area contributed by atoms with Gasteiger partial charge in [-0.3, -0.25) is 9.79 Å². The summed E-state index contributed by atoms with van der Waals surface area (Å²) in [6, 6.07) is 25.1. The Morgan fingerprint density at radius 2 is 1.62 bits per heavy atom. The molecule has 0 aliphatic carbocycles. The van der Waals surface area contributed by atoms with Crippen LogP contribution in [0.1, 0.15) is 22.7 Å². The molecule has 1 unspecified atom stereocenters. The van der Waals surface area contributed by atoms with Gasteiger partial charge in [0.1, 0.15) is 11.8 Å². The standard InChI is InChI=1S/C22H17ClN2O/c23-17-11-12-19-18(14-17)21(16-9-5-2-6-10-16)24-20(22(26)25-19)13-15-7-3-1-4-8-15/h1-12,14,21H,13H2,(H,25,26). The molecular formula is C22H17ClN2O. The fourth-order valence-electron chi connectivity index (χ4n) is 3.16. The van der Waals surface area contributed by atoms with Crippen LogP contribution in [-0.2, 0) is 11.2 Å². The first-order valence-corrected chi connectivity index (χ1v) is 8.85. The van der Waals surface area contributed by atoms with Crippen molar-refractivity contribution in [1.82, 2.24) is 0 Å². The highest BCUT2D eigenvalue weighted by atomic mass is 35.5. The van der Waals surface area contributed by atoms with Crippen LogP contribution in [0.15, 0.2) is 83.9 Å². The minimum absolute atomic E-state index is 0.171. The summed E-state index contributed by atoms with van der Waals surface area (Å²) >= 11 is 6.22. The maximum atomic E-state index is 12.8. The van der Waals surface area contributed by atoms with Gasteiger partial charge in [0.2, 0.25) is 0 Å². The summed E-state index contributed by atoms with van der Waals surface area (Å²) in [7, 11) is 0. The predicted molar refractivity (Wildman–Crippen MR) is 106 cm³/mol. The van der Waals surface area contributed by atoms with Crippen LogP contribution in [0.4, 0.5) is 5.69 Å². The predicted octanol–water partition coefficient (Wildman–Crippen LogP) is 5.07. The van der Waals surface area contributed by atoms with Crippen molar-refractivity contribution in [3.8, 4) is 0 Å². The van der Waals surface area contributed by atoms with Crippen molar-refractivity contribution in [2.45, 2.75) is 12.5 Å². The fraction of sp³-hybridized carbons (Fsp3) is 0.0909. The van der Waals surface area contributed by atoms with Crippen molar-refractivity contribution in [3.05, 3.63) is 101 Å². The maximum Gasteiger partial charge on any atom is 0.269 e. The van der Waals surface area contributed by atoms with E-state index in [2.05, 4.69) is 5.32 Å². The van der Waals surface area contributed by atoms with Gasteiger partial charge in [-0.1, -0.05) is 72.3 Å². The van der Waals surface area contributed by atoms with Gasteiger partial charge in [0.05, 0.1) is 0 Å². The van der Waals surface area contributed by atoms with E-state index in [1.807, 2.05) is 72.8 Å². The number of carbonyl (C=O) groups excluding carboxylic acids is 1. The zero-order valence-electron chi connectivity index (χ0n) is 14.0. The molecule has 1 atom stereocenters. The molecule has 128 valence electrons. The molecule has 3 nitrogen and oxygen atoms in total. The molecule has 0 saturated carbocycles.